The molecule has 2 unspecified atom stereocenters. The summed E-state index contributed by atoms with van der Waals surface area (Å²) in [5, 5.41) is 12.3. The number of aliphatic hydroxyl groups is 1. The summed E-state index contributed by atoms with van der Waals surface area (Å²) in [7, 11) is -2.55. The highest BCUT2D eigenvalue weighted by molar-refractivity contribution is 6.99. The molecular formula is C22H28O3Si. The van der Waals surface area contributed by atoms with Gasteiger partial charge in [-0.2, -0.15) is 0 Å². The maximum atomic E-state index is 9.86. The topological polar surface area (TPSA) is 38.7 Å². The summed E-state index contributed by atoms with van der Waals surface area (Å²) >= 11 is 0. The minimum absolute atomic E-state index is 0.0638. The van der Waals surface area contributed by atoms with Gasteiger partial charge in [0.1, 0.15) is 6.10 Å². The molecule has 2 atom stereocenters. The normalized spacial score (nSPS) is 20.9. The largest absolute Gasteiger partial charge is 0.404 e. The van der Waals surface area contributed by atoms with Crippen LogP contribution in [0.1, 0.15) is 27.7 Å². The highest BCUT2D eigenvalue weighted by atomic mass is 28.4. The van der Waals surface area contributed by atoms with E-state index in [1.807, 2.05) is 25.1 Å². The standard InChI is InChI=1S/C22H28O3Si/c1-17-15-18(25-21(17)23)16-24-26(22(2,3)4,19-11-7-5-8-12-19)20-13-9-6-10-14-20/h5-15,18,21,23H,16H2,1-4H3. The summed E-state index contributed by atoms with van der Waals surface area (Å²) in [5.74, 6) is 0. The first-order valence-corrected chi connectivity index (χ1v) is 11.0. The third-order valence-electron chi connectivity index (χ3n) is 5.02. The van der Waals surface area contributed by atoms with Crippen molar-refractivity contribution in [3.63, 3.8) is 0 Å². The van der Waals surface area contributed by atoms with Crippen molar-refractivity contribution in [1.82, 2.24) is 0 Å². The number of benzene rings is 2. The molecule has 0 radical (unpaired) electrons. The third kappa shape index (κ3) is 3.55. The van der Waals surface area contributed by atoms with Crippen molar-refractivity contribution >= 4 is 18.7 Å². The van der Waals surface area contributed by atoms with Crippen molar-refractivity contribution in [3.05, 3.63) is 72.3 Å². The van der Waals surface area contributed by atoms with E-state index in [9.17, 15) is 5.11 Å². The lowest BCUT2D eigenvalue weighted by Gasteiger charge is -2.43. The lowest BCUT2D eigenvalue weighted by molar-refractivity contribution is -0.0890. The fraction of sp³-hybridized carbons (Fsp3) is 0.364. The number of hydrogen-bond acceptors (Lipinski definition) is 3. The summed E-state index contributed by atoms with van der Waals surface area (Å²) in [6.07, 6.45) is 0.928. The van der Waals surface area contributed by atoms with Gasteiger partial charge >= 0.3 is 0 Å². The molecule has 26 heavy (non-hydrogen) atoms. The van der Waals surface area contributed by atoms with Gasteiger partial charge in [0.15, 0.2) is 6.29 Å². The zero-order valence-electron chi connectivity index (χ0n) is 16.0. The van der Waals surface area contributed by atoms with Gasteiger partial charge in [0.25, 0.3) is 8.32 Å². The molecule has 1 N–H and O–H groups in total. The summed E-state index contributed by atoms with van der Waals surface area (Å²) < 4.78 is 12.4. The molecule has 3 nitrogen and oxygen atoms in total. The molecule has 0 aromatic heterocycles. The van der Waals surface area contributed by atoms with Gasteiger partial charge in [0, 0.05) is 0 Å². The van der Waals surface area contributed by atoms with Gasteiger partial charge in [-0.05, 0) is 34.0 Å². The Morgan fingerprint density at radius 1 is 0.962 bits per heavy atom. The zero-order chi connectivity index (χ0) is 18.8. The fourth-order valence-electron chi connectivity index (χ4n) is 3.74. The van der Waals surface area contributed by atoms with Crippen LogP contribution in [0.2, 0.25) is 5.04 Å². The van der Waals surface area contributed by atoms with Crippen LogP contribution in [0.25, 0.3) is 0 Å². The van der Waals surface area contributed by atoms with Crippen LogP contribution in [0.5, 0.6) is 0 Å². The smallest absolute Gasteiger partial charge is 0.261 e. The second kappa shape index (κ2) is 7.49. The van der Waals surface area contributed by atoms with E-state index in [1.54, 1.807) is 0 Å². The van der Waals surface area contributed by atoms with Crippen molar-refractivity contribution in [2.24, 2.45) is 0 Å². The molecule has 4 heteroatoms. The maximum Gasteiger partial charge on any atom is 0.261 e. The van der Waals surface area contributed by atoms with E-state index >= 15 is 0 Å². The van der Waals surface area contributed by atoms with Gasteiger partial charge in [-0.15, -0.1) is 0 Å². The monoisotopic (exact) mass is 368 g/mol. The highest BCUT2D eigenvalue weighted by Gasteiger charge is 2.50. The molecule has 2 aromatic carbocycles. The Morgan fingerprint density at radius 2 is 1.46 bits per heavy atom. The quantitative estimate of drug-likeness (QED) is 0.650. The minimum atomic E-state index is -2.55. The van der Waals surface area contributed by atoms with Crippen LogP contribution < -0.4 is 10.4 Å². The Balaban J connectivity index is 2.03. The van der Waals surface area contributed by atoms with Crippen LogP contribution in [0.4, 0.5) is 0 Å². The molecule has 1 aliphatic heterocycles. The van der Waals surface area contributed by atoms with Crippen molar-refractivity contribution in [2.75, 3.05) is 6.61 Å². The molecule has 0 bridgehead atoms. The van der Waals surface area contributed by atoms with Crippen molar-refractivity contribution in [1.29, 1.82) is 0 Å². The first-order valence-electron chi connectivity index (χ1n) is 9.11. The number of ether oxygens (including phenoxy) is 1. The lowest BCUT2D eigenvalue weighted by Crippen LogP contribution is -2.67. The molecule has 3 rings (SSSR count). The van der Waals surface area contributed by atoms with Crippen LogP contribution >= 0.6 is 0 Å². The van der Waals surface area contributed by atoms with Crippen molar-refractivity contribution in [3.8, 4) is 0 Å². The van der Waals surface area contributed by atoms with Crippen molar-refractivity contribution < 1.29 is 14.3 Å². The maximum absolute atomic E-state index is 9.86. The lowest BCUT2D eigenvalue weighted by atomic mass is 10.2. The first-order chi connectivity index (χ1) is 12.3. The van der Waals surface area contributed by atoms with E-state index in [1.165, 1.54) is 10.4 Å². The third-order valence-corrected chi connectivity index (χ3v) is 10.0. The van der Waals surface area contributed by atoms with E-state index < -0.39 is 14.6 Å². The fourth-order valence-corrected chi connectivity index (χ4v) is 8.31. The van der Waals surface area contributed by atoms with Gasteiger partial charge in [0.2, 0.25) is 0 Å². The molecule has 0 amide bonds. The number of hydrogen-bond donors (Lipinski definition) is 1. The predicted octanol–water partition coefficient (Wildman–Crippen LogP) is 3.23. The van der Waals surface area contributed by atoms with Crippen molar-refractivity contribution in [2.45, 2.75) is 45.1 Å². The van der Waals surface area contributed by atoms with E-state index in [0.29, 0.717) is 6.61 Å². The summed E-state index contributed by atoms with van der Waals surface area (Å²) in [6.45, 7) is 9.08. The summed E-state index contributed by atoms with van der Waals surface area (Å²) in [6, 6.07) is 21.1. The molecule has 0 saturated carbocycles. The Labute approximate surface area is 157 Å². The minimum Gasteiger partial charge on any atom is -0.404 e. The Hall–Kier alpha value is -1.72. The molecule has 0 fully saturated rings. The molecule has 138 valence electrons. The van der Waals surface area contributed by atoms with Crippen LogP contribution in [0.3, 0.4) is 0 Å². The van der Waals surface area contributed by atoms with Crippen LogP contribution in [0.15, 0.2) is 72.3 Å². The molecular weight excluding hydrogens is 340 g/mol. The Morgan fingerprint density at radius 3 is 1.85 bits per heavy atom. The molecule has 1 aliphatic rings. The van der Waals surface area contributed by atoms with Gasteiger partial charge in [-0.1, -0.05) is 81.4 Å². The van der Waals surface area contributed by atoms with Gasteiger partial charge < -0.3 is 14.3 Å². The number of aliphatic hydroxyl groups excluding tert-OH is 1. The van der Waals surface area contributed by atoms with E-state index in [0.717, 1.165) is 5.57 Å². The zero-order valence-corrected chi connectivity index (χ0v) is 17.0. The molecule has 0 saturated heterocycles. The number of rotatable bonds is 5. The Kier molecular flexibility index (Phi) is 5.49. The SMILES string of the molecule is CC1=CC(CO[Si](c2ccccc2)(c2ccccc2)C(C)(C)C)OC1O. The van der Waals surface area contributed by atoms with Crippen LogP contribution in [0, 0.1) is 0 Å². The van der Waals surface area contributed by atoms with Gasteiger partial charge in [-0.3, -0.25) is 0 Å². The molecule has 0 spiro atoms. The van der Waals surface area contributed by atoms with Crippen LogP contribution in [-0.2, 0) is 9.16 Å². The Bertz CT molecular complexity index is 710. The molecule has 0 aliphatic carbocycles. The molecule has 2 aromatic rings. The summed E-state index contributed by atoms with van der Waals surface area (Å²) in [4.78, 5) is 0. The van der Waals surface area contributed by atoms with E-state index in [2.05, 4.69) is 69.3 Å². The second-order valence-electron chi connectivity index (χ2n) is 7.91. The van der Waals surface area contributed by atoms with E-state index in [-0.39, 0.29) is 11.1 Å². The van der Waals surface area contributed by atoms with Gasteiger partial charge in [-0.25, -0.2) is 0 Å². The first kappa shape index (κ1) is 19.0. The van der Waals surface area contributed by atoms with Gasteiger partial charge in [0.05, 0.1) is 6.61 Å². The highest BCUT2D eigenvalue weighted by Crippen LogP contribution is 2.37. The van der Waals surface area contributed by atoms with Crippen LogP contribution in [-0.4, -0.2) is 32.4 Å². The second-order valence-corrected chi connectivity index (χ2v) is 12.2. The summed E-state index contributed by atoms with van der Waals surface area (Å²) in [5.41, 5.74) is 0.848. The van der Waals surface area contributed by atoms with E-state index in [4.69, 9.17) is 9.16 Å². The molecule has 1 heterocycles. The average Bonchev–Trinajstić information content (AvgIpc) is 2.94. The predicted molar refractivity (Wildman–Crippen MR) is 108 cm³/mol. The average molecular weight is 369 g/mol.